The van der Waals surface area contributed by atoms with Crippen LogP contribution >= 0.6 is 11.8 Å². The molecule has 0 bridgehead atoms. The van der Waals surface area contributed by atoms with Crippen LogP contribution in [0, 0.1) is 6.92 Å². The van der Waals surface area contributed by atoms with Crippen molar-refractivity contribution in [2.24, 2.45) is 0 Å². The average Bonchev–Trinajstić information content (AvgIpc) is 2.52. The van der Waals surface area contributed by atoms with Gasteiger partial charge in [0.05, 0.1) is 5.69 Å². The Morgan fingerprint density at radius 1 is 1.14 bits per heavy atom. The lowest BCUT2D eigenvalue weighted by Gasteiger charge is -2.20. The third-order valence-electron chi connectivity index (χ3n) is 4.01. The maximum atomic E-state index is 12.2. The number of H-pyrrole nitrogens is 1. The quantitative estimate of drug-likeness (QED) is 0.865. The molecule has 3 rings (SSSR count). The molecule has 1 heterocycles. The Balaban J connectivity index is 1.92. The van der Waals surface area contributed by atoms with Crippen LogP contribution in [0.2, 0.25) is 0 Å². The molecule has 0 amide bonds. The van der Waals surface area contributed by atoms with E-state index in [-0.39, 0.29) is 5.56 Å². The number of hydrogen-bond acceptors (Lipinski definition) is 3. The van der Waals surface area contributed by atoms with Crippen molar-refractivity contribution in [2.75, 3.05) is 0 Å². The van der Waals surface area contributed by atoms with E-state index in [1.165, 1.54) is 32.1 Å². The summed E-state index contributed by atoms with van der Waals surface area (Å²) in [5.41, 5.74) is 2.47. The first-order valence-corrected chi connectivity index (χ1v) is 8.45. The van der Waals surface area contributed by atoms with Crippen LogP contribution in [0.3, 0.4) is 0 Å². The summed E-state index contributed by atoms with van der Waals surface area (Å²) in [5.74, 6) is 0. The summed E-state index contributed by atoms with van der Waals surface area (Å²) in [6, 6.07) is 9.94. The van der Waals surface area contributed by atoms with Gasteiger partial charge in [-0.05, 0) is 19.8 Å². The summed E-state index contributed by atoms with van der Waals surface area (Å²) < 4.78 is 0. The SMILES string of the molecule is Cc1c(-c2ccccc2)nc(SC2CCCCC2)[nH]c1=O. The molecule has 1 saturated carbocycles. The predicted octanol–water partition coefficient (Wildman–Crippen LogP) is 4.17. The molecule has 1 N–H and O–H groups in total. The van der Waals surface area contributed by atoms with E-state index in [2.05, 4.69) is 4.98 Å². The van der Waals surface area contributed by atoms with Crippen molar-refractivity contribution >= 4 is 11.8 Å². The van der Waals surface area contributed by atoms with Gasteiger partial charge in [0.15, 0.2) is 5.16 Å². The lowest BCUT2D eigenvalue weighted by molar-refractivity contribution is 0.515. The number of aromatic nitrogens is 2. The van der Waals surface area contributed by atoms with Gasteiger partial charge in [-0.3, -0.25) is 4.79 Å². The van der Waals surface area contributed by atoms with Crippen molar-refractivity contribution < 1.29 is 0 Å². The maximum Gasteiger partial charge on any atom is 0.255 e. The van der Waals surface area contributed by atoms with E-state index in [0.29, 0.717) is 10.8 Å². The molecule has 1 aromatic heterocycles. The lowest BCUT2D eigenvalue weighted by Crippen LogP contribution is -2.16. The van der Waals surface area contributed by atoms with Crippen molar-refractivity contribution in [3.63, 3.8) is 0 Å². The van der Waals surface area contributed by atoms with Crippen molar-refractivity contribution in [1.82, 2.24) is 9.97 Å². The lowest BCUT2D eigenvalue weighted by atomic mass is 10.0. The molecule has 4 heteroatoms. The Labute approximate surface area is 129 Å². The van der Waals surface area contributed by atoms with Crippen LogP contribution in [0.4, 0.5) is 0 Å². The number of nitrogens with zero attached hydrogens (tertiary/aromatic N) is 1. The summed E-state index contributed by atoms with van der Waals surface area (Å²) in [4.78, 5) is 19.8. The summed E-state index contributed by atoms with van der Waals surface area (Å²) in [7, 11) is 0. The normalized spacial score (nSPS) is 16.0. The monoisotopic (exact) mass is 300 g/mol. The summed E-state index contributed by atoms with van der Waals surface area (Å²) >= 11 is 1.73. The molecule has 21 heavy (non-hydrogen) atoms. The van der Waals surface area contributed by atoms with Crippen molar-refractivity contribution in [1.29, 1.82) is 0 Å². The molecule has 1 aromatic carbocycles. The second kappa shape index (κ2) is 6.48. The topological polar surface area (TPSA) is 45.8 Å². The van der Waals surface area contributed by atoms with Gasteiger partial charge in [0, 0.05) is 16.4 Å². The predicted molar refractivity (Wildman–Crippen MR) is 87.8 cm³/mol. The molecule has 0 radical (unpaired) electrons. The number of nitrogens with one attached hydrogen (secondary N) is 1. The minimum absolute atomic E-state index is 0.0258. The molecule has 0 saturated heterocycles. The molecular formula is C17H20N2OS. The highest BCUT2D eigenvalue weighted by Crippen LogP contribution is 2.32. The van der Waals surface area contributed by atoms with E-state index in [4.69, 9.17) is 4.98 Å². The molecule has 3 nitrogen and oxygen atoms in total. The van der Waals surface area contributed by atoms with Gasteiger partial charge in [-0.25, -0.2) is 4.98 Å². The van der Waals surface area contributed by atoms with Crippen LogP contribution in [0.25, 0.3) is 11.3 Å². The zero-order chi connectivity index (χ0) is 14.7. The third-order valence-corrected chi connectivity index (χ3v) is 5.23. The van der Waals surface area contributed by atoms with Crippen LogP contribution in [-0.2, 0) is 0 Å². The van der Waals surface area contributed by atoms with E-state index in [1.807, 2.05) is 37.3 Å². The Kier molecular flexibility index (Phi) is 4.44. The summed E-state index contributed by atoms with van der Waals surface area (Å²) in [6.07, 6.45) is 6.37. The second-order valence-corrected chi connectivity index (χ2v) is 6.88. The largest absolute Gasteiger partial charge is 0.301 e. The zero-order valence-corrected chi connectivity index (χ0v) is 13.1. The standard InChI is InChI=1S/C17H20N2OS/c1-12-15(13-8-4-2-5-9-13)18-17(19-16(12)20)21-14-10-6-3-7-11-14/h2,4-5,8-9,14H,3,6-7,10-11H2,1H3,(H,18,19,20). The fourth-order valence-corrected chi connectivity index (χ4v) is 3.97. The number of benzene rings is 1. The Bertz CT molecular complexity index is 660. The third kappa shape index (κ3) is 3.38. The molecule has 2 aromatic rings. The Morgan fingerprint density at radius 2 is 1.86 bits per heavy atom. The van der Waals surface area contributed by atoms with Gasteiger partial charge in [-0.15, -0.1) is 0 Å². The molecule has 110 valence electrons. The van der Waals surface area contributed by atoms with Crippen LogP contribution < -0.4 is 5.56 Å². The van der Waals surface area contributed by atoms with E-state index in [1.54, 1.807) is 11.8 Å². The van der Waals surface area contributed by atoms with Gasteiger partial charge in [-0.2, -0.15) is 0 Å². The smallest absolute Gasteiger partial charge is 0.255 e. The molecule has 0 spiro atoms. The fraction of sp³-hybridized carbons (Fsp3) is 0.412. The van der Waals surface area contributed by atoms with Crippen molar-refractivity contribution in [3.05, 3.63) is 46.2 Å². The first kappa shape index (κ1) is 14.4. The molecule has 1 aliphatic carbocycles. The van der Waals surface area contributed by atoms with Crippen LogP contribution in [0.5, 0.6) is 0 Å². The average molecular weight is 300 g/mol. The van der Waals surface area contributed by atoms with Crippen LogP contribution in [-0.4, -0.2) is 15.2 Å². The maximum absolute atomic E-state index is 12.2. The van der Waals surface area contributed by atoms with Gasteiger partial charge < -0.3 is 4.98 Å². The second-order valence-electron chi connectivity index (χ2n) is 5.59. The van der Waals surface area contributed by atoms with Crippen LogP contribution in [0.1, 0.15) is 37.7 Å². The number of rotatable bonds is 3. The number of thioether (sulfide) groups is 1. The summed E-state index contributed by atoms with van der Waals surface area (Å²) in [6.45, 7) is 1.84. The highest BCUT2D eigenvalue weighted by molar-refractivity contribution is 7.99. The molecule has 0 atom stereocenters. The highest BCUT2D eigenvalue weighted by Gasteiger charge is 2.17. The molecule has 0 unspecified atom stereocenters. The first-order chi connectivity index (χ1) is 10.2. The minimum Gasteiger partial charge on any atom is -0.301 e. The highest BCUT2D eigenvalue weighted by atomic mass is 32.2. The van der Waals surface area contributed by atoms with E-state index in [0.717, 1.165) is 16.4 Å². The van der Waals surface area contributed by atoms with E-state index >= 15 is 0 Å². The number of aromatic amines is 1. The van der Waals surface area contributed by atoms with Crippen molar-refractivity contribution in [2.45, 2.75) is 49.4 Å². The van der Waals surface area contributed by atoms with Crippen LogP contribution in [0.15, 0.2) is 40.3 Å². The summed E-state index contributed by atoms with van der Waals surface area (Å²) in [5, 5.41) is 1.35. The first-order valence-electron chi connectivity index (χ1n) is 7.57. The Hall–Kier alpha value is -1.55. The number of hydrogen-bond donors (Lipinski definition) is 1. The van der Waals surface area contributed by atoms with Gasteiger partial charge in [0.25, 0.3) is 5.56 Å². The zero-order valence-electron chi connectivity index (χ0n) is 12.3. The molecule has 0 aliphatic heterocycles. The molecular weight excluding hydrogens is 280 g/mol. The molecule has 1 aliphatic rings. The molecule has 1 fully saturated rings. The minimum atomic E-state index is -0.0258. The fourth-order valence-electron chi connectivity index (χ4n) is 2.79. The van der Waals surface area contributed by atoms with Gasteiger partial charge in [0.1, 0.15) is 0 Å². The van der Waals surface area contributed by atoms with Gasteiger partial charge in [-0.1, -0.05) is 61.4 Å². The van der Waals surface area contributed by atoms with Crippen molar-refractivity contribution in [3.8, 4) is 11.3 Å². The van der Waals surface area contributed by atoms with E-state index in [9.17, 15) is 4.79 Å². The van der Waals surface area contributed by atoms with Gasteiger partial charge in [0.2, 0.25) is 0 Å². The van der Waals surface area contributed by atoms with Gasteiger partial charge >= 0.3 is 0 Å². The Morgan fingerprint density at radius 3 is 2.57 bits per heavy atom. The van der Waals surface area contributed by atoms with E-state index < -0.39 is 0 Å².